The molecule has 5 atom stereocenters. The fraction of sp³-hybridized carbons (Fsp3) is 0.733. The maximum Gasteiger partial charge on any atom is 0.426 e. The monoisotopic (exact) mass is 385 g/mol. The first-order valence-electron chi connectivity index (χ1n) is 8.44. The molecule has 2 aliphatic rings. The topological polar surface area (TPSA) is 169 Å². The number of rotatable bonds is 2. The van der Waals surface area contributed by atoms with Crippen molar-refractivity contribution in [2.45, 2.75) is 57.8 Å². The molecule has 0 spiro atoms. The predicted molar refractivity (Wildman–Crippen MR) is 89.4 cm³/mol. The quantitative estimate of drug-likeness (QED) is 0.264. The van der Waals surface area contributed by atoms with Crippen LogP contribution in [0.3, 0.4) is 0 Å². The highest BCUT2D eigenvalue weighted by atomic mass is 16.6. The number of nitrogens with one attached hydrogen (secondary N) is 4. The van der Waals surface area contributed by atoms with Crippen LogP contribution >= 0.6 is 0 Å². The molecule has 1 aliphatic carbocycles. The Morgan fingerprint density at radius 3 is 2.33 bits per heavy atom. The van der Waals surface area contributed by atoms with E-state index >= 15 is 0 Å². The van der Waals surface area contributed by atoms with Crippen molar-refractivity contribution < 1.29 is 28.8 Å². The van der Waals surface area contributed by atoms with E-state index in [1.165, 1.54) is 6.92 Å². The van der Waals surface area contributed by atoms with Gasteiger partial charge < -0.3 is 15.4 Å². The number of nitrogens with zero attached hydrogens (tertiary/aromatic N) is 1. The zero-order valence-corrected chi connectivity index (χ0v) is 15.4. The lowest BCUT2D eigenvalue weighted by Gasteiger charge is -2.44. The first-order chi connectivity index (χ1) is 12.4. The van der Waals surface area contributed by atoms with Gasteiger partial charge in [-0.1, -0.05) is 6.92 Å². The number of piperazine rings is 1. The highest BCUT2D eigenvalue weighted by Crippen LogP contribution is 2.33. The minimum absolute atomic E-state index is 0.0197. The highest BCUT2D eigenvalue weighted by Gasteiger charge is 2.54. The molecule has 12 heteroatoms. The molecule has 5 unspecified atom stereocenters. The summed E-state index contributed by atoms with van der Waals surface area (Å²) < 4.78 is 5.00. The van der Waals surface area contributed by atoms with Crippen molar-refractivity contribution in [1.29, 1.82) is 0 Å². The largest absolute Gasteiger partial charge is 0.443 e. The van der Waals surface area contributed by atoms with Gasteiger partial charge in [-0.3, -0.25) is 29.9 Å². The predicted octanol–water partition coefficient (Wildman–Crippen LogP) is -1.17. The Bertz CT molecular complexity index is 674. The molecule has 1 saturated carbocycles. The van der Waals surface area contributed by atoms with Crippen molar-refractivity contribution in [1.82, 2.24) is 21.5 Å². The summed E-state index contributed by atoms with van der Waals surface area (Å²) in [6, 6.07) is -2.69. The second-order valence-corrected chi connectivity index (χ2v) is 7.67. The third-order valence-electron chi connectivity index (χ3n) is 4.57. The second-order valence-electron chi connectivity index (χ2n) is 7.67. The number of hydrogen-bond donors (Lipinski definition) is 4. The van der Waals surface area contributed by atoms with E-state index in [1.807, 2.05) is 0 Å². The van der Waals surface area contributed by atoms with Crippen LogP contribution in [0.4, 0.5) is 4.79 Å². The summed E-state index contributed by atoms with van der Waals surface area (Å²) in [4.78, 5) is 58.4. The number of amides is 4. The van der Waals surface area contributed by atoms with E-state index in [9.17, 15) is 29.3 Å². The summed E-state index contributed by atoms with van der Waals surface area (Å²) >= 11 is 0. The minimum atomic E-state index is -1.10. The van der Waals surface area contributed by atoms with Gasteiger partial charge in [0.05, 0.1) is 18.0 Å². The highest BCUT2D eigenvalue weighted by molar-refractivity contribution is 6.35. The number of ether oxygens (including phenoxy) is 1. The second kappa shape index (κ2) is 7.37. The average Bonchev–Trinajstić information content (AvgIpc) is 2.52. The number of carbonyl (C=O) groups excluding carboxylic acids is 4. The van der Waals surface area contributed by atoms with E-state index in [0.717, 1.165) is 0 Å². The summed E-state index contributed by atoms with van der Waals surface area (Å²) in [6.45, 7) is 6.45. The van der Waals surface area contributed by atoms with Crippen molar-refractivity contribution in [2.75, 3.05) is 0 Å². The number of fused-ring (bicyclic) bond motifs is 1. The van der Waals surface area contributed by atoms with Crippen LogP contribution in [0.25, 0.3) is 0 Å². The van der Waals surface area contributed by atoms with Gasteiger partial charge in [0.2, 0.25) is 11.9 Å². The molecule has 1 heterocycles. The molecule has 4 amide bonds. The molecule has 0 aromatic carbocycles. The fourth-order valence-electron chi connectivity index (χ4n) is 3.41. The van der Waals surface area contributed by atoms with Crippen LogP contribution in [-0.2, 0) is 19.1 Å². The maximum absolute atomic E-state index is 12.6. The molecule has 0 radical (unpaired) electrons. The van der Waals surface area contributed by atoms with E-state index in [0.29, 0.717) is 0 Å². The van der Waals surface area contributed by atoms with E-state index in [4.69, 9.17) is 4.74 Å². The Morgan fingerprint density at radius 1 is 1.19 bits per heavy atom. The van der Waals surface area contributed by atoms with Gasteiger partial charge in [-0.15, -0.1) is 0 Å². The smallest absolute Gasteiger partial charge is 0.426 e. The third kappa shape index (κ3) is 4.63. The lowest BCUT2D eigenvalue weighted by atomic mass is 9.70. The summed E-state index contributed by atoms with van der Waals surface area (Å²) in [5, 5.41) is 16.2. The molecule has 0 aromatic heterocycles. The van der Waals surface area contributed by atoms with Crippen molar-refractivity contribution in [3.05, 3.63) is 10.1 Å². The van der Waals surface area contributed by atoms with Crippen molar-refractivity contribution in [3.63, 3.8) is 0 Å². The van der Waals surface area contributed by atoms with E-state index in [2.05, 4.69) is 21.5 Å². The van der Waals surface area contributed by atoms with Gasteiger partial charge >= 0.3 is 17.9 Å². The third-order valence-corrected chi connectivity index (χ3v) is 4.57. The zero-order valence-electron chi connectivity index (χ0n) is 15.4. The van der Waals surface area contributed by atoms with Gasteiger partial charge in [-0.05, 0) is 20.8 Å². The number of carbonyl (C=O) groups is 4. The molecular formula is C15H23N5O7. The average molecular weight is 385 g/mol. The molecule has 12 nitrogen and oxygen atoms in total. The number of hydrogen-bond acceptors (Lipinski definition) is 7. The molecule has 27 heavy (non-hydrogen) atoms. The number of hydrazine groups is 1. The molecule has 1 saturated heterocycles. The standard InChI is InChI=1S/C15H23N5O7/c1-6-8(20(25)26)5-7-10(17-13(23)12(22)16-7)9(6)11(21)18-19-14(24)27-15(2,3)4/h6-10H,5H2,1-4H3,(H,16,22)(H,17,23)(H,18,21)(H,19,24). The lowest BCUT2D eigenvalue weighted by Crippen LogP contribution is -2.71. The summed E-state index contributed by atoms with van der Waals surface area (Å²) in [6.07, 6.45) is -0.920. The van der Waals surface area contributed by atoms with Crippen LogP contribution < -0.4 is 21.5 Å². The van der Waals surface area contributed by atoms with Crippen LogP contribution in [0.15, 0.2) is 0 Å². The maximum atomic E-state index is 12.6. The number of nitro groups is 1. The van der Waals surface area contributed by atoms with Gasteiger partial charge in [0.1, 0.15) is 5.60 Å². The zero-order chi connectivity index (χ0) is 20.5. The first kappa shape index (κ1) is 20.4. The van der Waals surface area contributed by atoms with Crippen molar-refractivity contribution in [2.24, 2.45) is 11.8 Å². The van der Waals surface area contributed by atoms with Gasteiger partial charge in [-0.2, -0.15) is 0 Å². The van der Waals surface area contributed by atoms with E-state index in [1.54, 1.807) is 20.8 Å². The molecule has 2 fully saturated rings. The van der Waals surface area contributed by atoms with Crippen molar-refractivity contribution >= 4 is 23.8 Å². The molecule has 0 aromatic rings. The van der Waals surface area contributed by atoms with Crippen LogP contribution in [0.5, 0.6) is 0 Å². The van der Waals surface area contributed by atoms with Gasteiger partial charge in [0, 0.05) is 17.3 Å². The van der Waals surface area contributed by atoms with E-state index < -0.39 is 64.3 Å². The Balaban J connectivity index is 2.15. The Kier molecular flexibility index (Phi) is 5.56. The van der Waals surface area contributed by atoms with Crippen LogP contribution in [-0.4, -0.2) is 52.5 Å². The first-order valence-corrected chi connectivity index (χ1v) is 8.44. The summed E-state index contributed by atoms with van der Waals surface area (Å²) in [5.41, 5.74) is 3.48. The SMILES string of the molecule is CC1C(C(=O)NNC(=O)OC(C)(C)C)C2NC(=O)C(=O)NC2CC1[N+](=O)[O-]. The summed E-state index contributed by atoms with van der Waals surface area (Å²) in [5.74, 6) is -4.35. The fourth-order valence-corrected chi connectivity index (χ4v) is 3.41. The van der Waals surface area contributed by atoms with Crippen molar-refractivity contribution in [3.8, 4) is 0 Å². The molecule has 1 aliphatic heterocycles. The Labute approximate surface area is 154 Å². The van der Waals surface area contributed by atoms with Gasteiger partial charge in [0.25, 0.3) is 0 Å². The lowest BCUT2D eigenvalue weighted by molar-refractivity contribution is -0.537. The molecule has 4 N–H and O–H groups in total. The normalized spacial score (nSPS) is 30.3. The van der Waals surface area contributed by atoms with Crippen LogP contribution in [0, 0.1) is 22.0 Å². The van der Waals surface area contributed by atoms with Gasteiger partial charge in [-0.25, -0.2) is 10.2 Å². The van der Waals surface area contributed by atoms with Crippen LogP contribution in [0.1, 0.15) is 34.1 Å². The molecule has 2 rings (SSSR count). The Morgan fingerprint density at radius 2 is 1.78 bits per heavy atom. The minimum Gasteiger partial charge on any atom is -0.443 e. The summed E-state index contributed by atoms with van der Waals surface area (Å²) in [7, 11) is 0. The molecule has 150 valence electrons. The van der Waals surface area contributed by atoms with E-state index in [-0.39, 0.29) is 6.42 Å². The van der Waals surface area contributed by atoms with Crippen LogP contribution in [0.2, 0.25) is 0 Å². The molecule has 0 bridgehead atoms. The van der Waals surface area contributed by atoms with Gasteiger partial charge in [0.15, 0.2) is 0 Å². The molecular weight excluding hydrogens is 362 g/mol. The Hall–Kier alpha value is -2.92.